The summed E-state index contributed by atoms with van der Waals surface area (Å²) in [5.41, 5.74) is 1.34. The summed E-state index contributed by atoms with van der Waals surface area (Å²) < 4.78 is 16.1. The van der Waals surface area contributed by atoms with Gasteiger partial charge in [-0.15, -0.1) is 0 Å². The topological polar surface area (TPSA) is 44.5 Å². The van der Waals surface area contributed by atoms with Crippen LogP contribution in [0.2, 0.25) is 0 Å². The predicted octanol–water partition coefficient (Wildman–Crippen LogP) is 2.08. The number of β-amino-alcohol motifs (C(OH)–C–C–N with tert-alkyl or cyclic N) is 1. The molecule has 0 saturated carbocycles. The molecule has 1 fully saturated rings. The van der Waals surface area contributed by atoms with Gasteiger partial charge in [-0.2, -0.15) is 0 Å². The fourth-order valence-corrected chi connectivity index (χ4v) is 3.66. The van der Waals surface area contributed by atoms with E-state index in [4.69, 9.17) is 0 Å². The normalized spacial score (nSPS) is 21.5. The van der Waals surface area contributed by atoms with Crippen LogP contribution in [-0.2, 0) is 13.1 Å². The monoisotopic (exact) mass is 334 g/mol. The number of fused-ring (bicyclic) bond motifs is 1. The largest absolute Gasteiger partial charge is 0.392 e. The van der Waals surface area contributed by atoms with Gasteiger partial charge in [0.15, 0.2) is 5.82 Å². The number of aliphatic hydroxyl groups excluding tert-OH is 1. The van der Waals surface area contributed by atoms with Gasteiger partial charge >= 0.3 is 0 Å². The van der Waals surface area contributed by atoms with Crippen molar-refractivity contribution >= 4 is 11.0 Å². The molecular weight excluding hydrogens is 307 g/mol. The third-order valence-corrected chi connectivity index (χ3v) is 4.84. The SMILES string of the molecule is CCn1c(CN2CCN(C[C@H](C)O)[C@H](C)C2)nc2c(F)cccc21. The van der Waals surface area contributed by atoms with Crippen LogP contribution in [-0.4, -0.2) is 62.8 Å². The number of imidazole rings is 1. The highest BCUT2D eigenvalue weighted by Crippen LogP contribution is 2.21. The van der Waals surface area contributed by atoms with E-state index in [9.17, 15) is 9.50 Å². The van der Waals surface area contributed by atoms with Crippen molar-refractivity contribution in [3.05, 3.63) is 29.8 Å². The van der Waals surface area contributed by atoms with Gasteiger partial charge in [-0.3, -0.25) is 9.80 Å². The zero-order valence-electron chi connectivity index (χ0n) is 14.7. The summed E-state index contributed by atoms with van der Waals surface area (Å²) >= 11 is 0. The number of hydrogen-bond donors (Lipinski definition) is 1. The second-order valence-corrected chi connectivity index (χ2v) is 6.81. The van der Waals surface area contributed by atoms with Crippen LogP contribution >= 0.6 is 0 Å². The van der Waals surface area contributed by atoms with Gasteiger partial charge in [0.1, 0.15) is 11.3 Å². The number of nitrogens with zero attached hydrogens (tertiary/aromatic N) is 4. The molecule has 2 aromatic rings. The van der Waals surface area contributed by atoms with Crippen LogP contribution in [0.4, 0.5) is 4.39 Å². The van der Waals surface area contributed by atoms with Crippen LogP contribution in [0.25, 0.3) is 11.0 Å². The molecule has 6 heteroatoms. The van der Waals surface area contributed by atoms with Gasteiger partial charge in [0.05, 0.1) is 18.2 Å². The average molecular weight is 334 g/mol. The van der Waals surface area contributed by atoms with Gasteiger partial charge < -0.3 is 9.67 Å². The number of aromatic nitrogens is 2. The summed E-state index contributed by atoms with van der Waals surface area (Å²) in [7, 11) is 0. The maximum Gasteiger partial charge on any atom is 0.151 e. The summed E-state index contributed by atoms with van der Waals surface area (Å²) in [6, 6.07) is 5.54. The minimum atomic E-state index is -0.300. The van der Waals surface area contributed by atoms with Crippen molar-refractivity contribution in [2.45, 2.75) is 46.0 Å². The van der Waals surface area contributed by atoms with Crippen LogP contribution in [0.1, 0.15) is 26.6 Å². The zero-order chi connectivity index (χ0) is 17.3. The molecule has 0 bridgehead atoms. The number of rotatable bonds is 5. The maximum absolute atomic E-state index is 14.0. The zero-order valence-corrected chi connectivity index (χ0v) is 14.7. The lowest BCUT2D eigenvalue weighted by molar-refractivity contribution is 0.0410. The van der Waals surface area contributed by atoms with Crippen molar-refractivity contribution in [3.63, 3.8) is 0 Å². The molecule has 1 saturated heterocycles. The van der Waals surface area contributed by atoms with Crippen LogP contribution < -0.4 is 0 Å². The van der Waals surface area contributed by atoms with Gasteiger partial charge in [-0.1, -0.05) is 6.07 Å². The first-order valence-electron chi connectivity index (χ1n) is 8.77. The molecule has 0 amide bonds. The molecule has 1 aromatic heterocycles. The van der Waals surface area contributed by atoms with E-state index < -0.39 is 0 Å². The number of benzene rings is 1. The van der Waals surface area contributed by atoms with E-state index in [0.717, 1.165) is 44.1 Å². The summed E-state index contributed by atoms with van der Waals surface area (Å²) in [5.74, 6) is 0.671. The Labute approximate surface area is 142 Å². The number of piperazine rings is 1. The first kappa shape index (κ1) is 17.3. The molecule has 0 aliphatic carbocycles. The van der Waals surface area contributed by atoms with Crippen LogP contribution in [0.5, 0.6) is 0 Å². The minimum Gasteiger partial charge on any atom is -0.392 e. The lowest BCUT2D eigenvalue weighted by Crippen LogP contribution is -2.53. The average Bonchev–Trinajstić information content (AvgIpc) is 2.88. The summed E-state index contributed by atoms with van der Waals surface area (Å²) in [5, 5.41) is 9.59. The molecule has 1 aliphatic heterocycles. The Balaban J connectivity index is 1.75. The molecule has 24 heavy (non-hydrogen) atoms. The Morgan fingerprint density at radius 1 is 1.38 bits per heavy atom. The van der Waals surface area contributed by atoms with E-state index in [1.54, 1.807) is 6.07 Å². The second kappa shape index (κ2) is 7.17. The fraction of sp³-hybridized carbons (Fsp3) is 0.611. The molecule has 2 heterocycles. The quantitative estimate of drug-likeness (QED) is 0.909. The van der Waals surface area contributed by atoms with Gasteiger partial charge in [-0.05, 0) is 32.9 Å². The van der Waals surface area contributed by atoms with Gasteiger partial charge in [0.2, 0.25) is 0 Å². The van der Waals surface area contributed by atoms with E-state index in [-0.39, 0.29) is 11.9 Å². The molecule has 1 N–H and O–H groups in total. The highest BCUT2D eigenvalue weighted by atomic mass is 19.1. The Morgan fingerprint density at radius 3 is 2.83 bits per heavy atom. The number of aryl methyl sites for hydroxylation is 1. The highest BCUT2D eigenvalue weighted by Gasteiger charge is 2.25. The van der Waals surface area contributed by atoms with Crippen molar-refractivity contribution in [1.29, 1.82) is 0 Å². The van der Waals surface area contributed by atoms with Crippen molar-refractivity contribution in [2.24, 2.45) is 0 Å². The third kappa shape index (κ3) is 3.45. The van der Waals surface area contributed by atoms with E-state index in [0.29, 0.717) is 18.1 Å². The van der Waals surface area contributed by atoms with E-state index >= 15 is 0 Å². The summed E-state index contributed by atoms with van der Waals surface area (Å²) in [6.45, 7) is 11.1. The number of aliphatic hydroxyl groups is 1. The molecule has 0 unspecified atom stereocenters. The Bertz CT molecular complexity index is 700. The molecule has 0 spiro atoms. The molecule has 2 atom stereocenters. The van der Waals surface area contributed by atoms with E-state index in [1.807, 2.05) is 13.0 Å². The third-order valence-electron chi connectivity index (χ3n) is 4.84. The van der Waals surface area contributed by atoms with Crippen molar-refractivity contribution < 1.29 is 9.50 Å². The molecule has 1 aliphatic rings. The predicted molar refractivity (Wildman–Crippen MR) is 93.4 cm³/mol. The highest BCUT2D eigenvalue weighted by molar-refractivity contribution is 5.76. The summed E-state index contributed by atoms with van der Waals surface area (Å²) in [6.07, 6.45) is -0.300. The Kier molecular flexibility index (Phi) is 5.18. The first-order valence-corrected chi connectivity index (χ1v) is 8.77. The van der Waals surface area contributed by atoms with Gasteiger partial charge in [0, 0.05) is 38.8 Å². The smallest absolute Gasteiger partial charge is 0.151 e. The van der Waals surface area contributed by atoms with Crippen LogP contribution in [0.15, 0.2) is 18.2 Å². The fourth-order valence-electron chi connectivity index (χ4n) is 3.66. The first-order chi connectivity index (χ1) is 11.5. The molecular formula is C18H27FN4O. The van der Waals surface area contributed by atoms with Crippen LogP contribution in [0, 0.1) is 5.82 Å². The summed E-state index contributed by atoms with van der Waals surface area (Å²) in [4.78, 5) is 9.25. The molecule has 132 valence electrons. The van der Waals surface area contributed by atoms with Crippen LogP contribution in [0.3, 0.4) is 0 Å². The molecule has 3 rings (SSSR count). The van der Waals surface area contributed by atoms with E-state index in [1.165, 1.54) is 6.07 Å². The van der Waals surface area contributed by atoms with E-state index in [2.05, 4.69) is 33.2 Å². The number of para-hydroxylation sites is 1. The lowest BCUT2D eigenvalue weighted by atomic mass is 10.1. The Hall–Kier alpha value is -1.50. The van der Waals surface area contributed by atoms with Crippen molar-refractivity contribution in [2.75, 3.05) is 26.2 Å². The maximum atomic E-state index is 14.0. The Morgan fingerprint density at radius 2 is 2.17 bits per heavy atom. The molecule has 1 aromatic carbocycles. The lowest BCUT2D eigenvalue weighted by Gasteiger charge is -2.40. The minimum absolute atomic E-state index is 0.254. The number of hydrogen-bond acceptors (Lipinski definition) is 4. The van der Waals surface area contributed by atoms with Gasteiger partial charge in [-0.25, -0.2) is 9.37 Å². The molecule has 5 nitrogen and oxygen atoms in total. The van der Waals surface area contributed by atoms with Crippen molar-refractivity contribution in [3.8, 4) is 0 Å². The van der Waals surface area contributed by atoms with Crippen molar-refractivity contribution in [1.82, 2.24) is 19.4 Å². The second-order valence-electron chi connectivity index (χ2n) is 6.81. The standard InChI is InChI=1S/C18H27FN4O/c1-4-23-16-7-5-6-15(19)18(16)20-17(23)12-21-8-9-22(11-14(3)24)13(2)10-21/h5-7,13-14,24H,4,8-12H2,1-3H3/t13-,14+/m1/s1. The number of halogens is 1. The molecule has 0 radical (unpaired) electrons. The van der Waals surface area contributed by atoms with Gasteiger partial charge in [0.25, 0.3) is 0 Å².